The van der Waals surface area contributed by atoms with Crippen molar-refractivity contribution < 1.29 is 9.59 Å². The quantitative estimate of drug-likeness (QED) is 0.814. The minimum absolute atomic E-state index is 0.313. The molecule has 0 spiro atoms. The highest BCUT2D eigenvalue weighted by Gasteiger charge is 2.24. The Labute approximate surface area is 104 Å². The van der Waals surface area contributed by atoms with Gasteiger partial charge in [0.25, 0.3) is 11.1 Å². The molecule has 0 bridgehead atoms. The zero-order valence-corrected chi connectivity index (χ0v) is 10.1. The highest BCUT2D eigenvalue weighted by molar-refractivity contribution is 8.18. The molecular formula is C13H11NO2S. The molecule has 2 rings (SSSR count). The fourth-order valence-electron chi connectivity index (χ4n) is 1.47. The van der Waals surface area contributed by atoms with Crippen LogP contribution in [0.2, 0.25) is 0 Å². The Hall–Kier alpha value is -1.81. The Morgan fingerprint density at radius 1 is 1.12 bits per heavy atom. The number of rotatable bonds is 2. The topological polar surface area (TPSA) is 46.2 Å². The smallest absolute Gasteiger partial charge is 0.282 e. The van der Waals surface area contributed by atoms with Crippen molar-refractivity contribution in [2.75, 3.05) is 0 Å². The normalized spacial score (nSPS) is 18.1. The molecule has 0 atom stereocenters. The molecule has 0 aliphatic carbocycles. The maximum absolute atomic E-state index is 11.3. The first-order valence-corrected chi connectivity index (χ1v) is 5.98. The van der Waals surface area contributed by atoms with Crippen LogP contribution in [-0.2, 0) is 4.79 Å². The monoisotopic (exact) mass is 245 g/mol. The molecule has 0 saturated carbocycles. The van der Waals surface area contributed by atoms with Gasteiger partial charge in [-0.2, -0.15) is 0 Å². The molecule has 17 heavy (non-hydrogen) atoms. The number of carbonyl (C=O) groups excluding carboxylic acids is 2. The molecule has 0 radical (unpaired) electrons. The molecule has 0 unspecified atom stereocenters. The first-order chi connectivity index (χ1) is 8.19. The van der Waals surface area contributed by atoms with E-state index in [-0.39, 0.29) is 11.1 Å². The Morgan fingerprint density at radius 2 is 1.76 bits per heavy atom. The summed E-state index contributed by atoms with van der Waals surface area (Å²) < 4.78 is 0. The van der Waals surface area contributed by atoms with Crippen molar-refractivity contribution in [2.24, 2.45) is 0 Å². The zero-order chi connectivity index (χ0) is 12.3. The predicted molar refractivity (Wildman–Crippen MR) is 70.3 cm³/mol. The van der Waals surface area contributed by atoms with Crippen LogP contribution in [0.3, 0.4) is 0 Å². The van der Waals surface area contributed by atoms with E-state index in [0.717, 1.165) is 22.9 Å². The lowest BCUT2D eigenvalue weighted by Crippen LogP contribution is -2.17. The number of allylic oxidation sites excluding steroid dienone is 1. The summed E-state index contributed by atoms with van der Waals surface area (Å²) in [4.78, 5) is 22.7. The number of amides is 2. The zero-order valence-electron chi connectivity index (χ0n) is 9.27. The van der Waals surface area contributed by atoms with Gasteiger partial charge in [-0.3, -0.25) is 14.9 Å². The minimum Gasteiger partial charge on any atom is -0.282 e. The summed E-state index contributed by atoms with van der Waals surface area (Å²) in [5.41, 5.74) is 2.01. The lowest BCUT2D eigenvalue weighted by molar-refractivity contribution is -0.115. The molecule has 1 N–H and O–H groups in total. The van der Waals surface area contributed by atoms with Gasteiger partial charge in [-0.15, -0.1) is 0 Å². The van der Waals surface area contributed by atoms with Crippen LogP contribution >= 0.6 is 11.8 Å². The van der Waals surface area contributed by atoms with Gasteiger partial charge in [-0.1, -0.05) is 36.4 Å². The van der Waals surface area contributed by atoms with E-state index in [9.17, 15) is 9.59 Å². The van der Waals surface area contributed by atoms with Gasteiger partial charge >= 0.3 is 0 Å². The third-order valence-corrected chi connectivity index (χ3v) is 3.05. The van der Waals surface area contributed by atoms with Crippen LogP contribution in [0.1, 0.15) is 18.1 Å². The minimum atomic E-state index is -0.322. The molecule has 1 aromatic rings. The molecule has 0 aromatic heterocycles. The van der Waals surface area contributed by atoms with Crippen molar-refractivity contribution >= 4 is 35.1 Å². The molecule has 2 amide bonds. The number of nitrogens with one attached hydrogen (secondary N) is 1. The second-order valence-corrected chi connectivity index (χ2v) is 4.53. The third kappa shape index (κ3) is 2.85. The van der Waals surface area contributed by atoms with E-state index >= 15 is 0 Å². The Balaban J connectivity index is 2.21. The van der Waals surface area contributed by atoms with Crippen molar-refractivity contribution in [3.63, 3.8) is 0 Å². The van der Waals surface area contributed by atoms with E-state index < -0.39 is 0 Å². The van der Waals surface area contributed by atoms with Gasteiger partial charge in [0.1, 0.15) is 0 Å². The number of carbonyl (C=O) groups is 2. The van der Waals surface area contributed by atoms with Gasteiger partial charge in [0.05, 0.1) is 4.91 Å². The molecule has 1 aromatic carbocycles. The van der Waals surface area contributed by atoms with Crippen LogP contribution in [0.4, 0.5) is 4.79 Å². The highest BCUT2D eigenvalue weighted by Crippen LogP contribution is 2.25. The van der Waals surface area contributed by atoms with Crippen molar-refractivity contribution in [3.05, 3.63) is 46.4 Å². The van der Waals surface area contributed by atoms with Crippen molar-refractivity contribution in [3.8, 4) is 0 Å². The van der Waals surface area contributed by atoms with Crippen LogP contribution in [-0.4, -0.2) is 11.1 Å². The average Bonchev–Trinajstić information content (AvgIpc) is 2.61. The second kappa shape index (κ2) is 5.01. The van der Waals surface area contributed by atoms with Gasteiger partial charge in [0.2, 0.25) is 0 Å². The highest BCUT2D eigenvalue weighted by atomic mass is 32.2. The standard InChI is InChI=1S/C13H11NO2S/c1-2-3-9-4-6-10(7-5-9)8-11-12(15)14-13(16)17-11/h2-8H,1H3,(H,14,15,16). The van der Waals surface area contributed by atoms with Crippen LogP contribution in [0.15, 0.2) is 35.2 Å². The van der Waals surface area contributed by atoms with E-state index in [0.29, 0.717) is 4.91 Å². The number of hydrogen-bond acceptors (Lipinski definition) is 3. The van der Waals surface area contributed by atoms with Gasteiger partial charge in [-0.25, -0.2) is 0 Å². The van der Waals surface area contributed by atoms with E-state index in [1.807, 2.05) is 43.3 Å². The molecule has 3 nitrogen and oxygen atoms in total. The predicted octanol–water partition coefficient (Wildman–Crippen LogP) is 3.04. The van der Waals surface area contributed by atoms with E-state index in [1.54, 1.807) is 6.08 Å². The molecular weight excluding hydrogens is 234 g/mol. The van der Waals surface area contributed by atoms with E-state index in [4.69, 9.17) is 0 Å². The van der Waals surface area contributed by atoms with Gasteiger partial charge in [-0.05, 0) is 35.9 Å². The summed E-state index contributed by atoms with van der Waals surface area (Å²) in [6.07, 6.45) is 5.67. The number of benzene rings is 1. The largest absolute Gasteiger partial charge is 0.290 e. The van der Waals surface area contributed by atoms with Gasteiger partial charge < -0.3 is 0 Å². The van der Waals surface area contributed by atoms with Crippen LogP contribution in [0, 0.1) is 0 Å². The average molecular weight is 245 g/mol. The number of thioether (sulfide) groups is 1. The lowest BCUT2D eigenvalue weighted by Gasteiger charge is -1.96. The van der Waals surface area contributed by atoms with Crippen LogP contribution < -0.4 is 5.32 Å². The SMILES string of the molecule is CC=Cc1ccc(C=C2SC(=O)NC2=O)cc1. The molecule has 1 fully saturated rings. The third-order valence-electron chi connectivity index (χ3n) is 2.24. The van der Waals surface area contributed by atoms with E-state index in [1.165, 1.54) is 0 Å². The number of imide groups is 1. The first-order valence-electron chi connectivity index (χ1n) is 5.16. The summed E-state index contributed by atoms with van der Waals surface area (Å²) in [6.45, 7) is 1.96. The Kier molecular flexibility index (Phi) is 3.44. The van der Waals surface area contributed by atoms with Crippen molar-refractivity contribution in [1.29, 1.82) is 0 Å². The molecule has 1 aliphatic heterocycles. The van der Waals surface area contributed by atoms with E-state index in [2.05, 4.69) is 5.32 Å². The summed E-state index contributed by atoms with van der Waals surface area (Å²) in [7, 11) is 0. The fraction of sp³-hybridized carbons (Fsp3) is 0.0769. The van der Waals surface area contributed by atoms with Gasteiger partial charge in [0.15, 0.2) is 0 Å². The van der Waals surface area contributed by atoms with Crippen LogP contribution in [0.5, 0.6) is 0 Å². The molecule has 4 heteroatoms. The second-order valence-electron chi connectivity index (χ2n) is 3.52. The fourth-order valence-corrected chi connectivity index (χ4v) is 2.15. The first kappa shape index (κ1) is 11.7. The molecule has 1 aliphatic rings. The summed E-state index contributed by atoms with van der Waals surface area (Å²) >= 11 is 0.930. The molecule has 86 valence electrons. The Morgan fingerprint density at radius 3 is 2.29 bits per heavy atom. The number of hydrogen-bond donors (Lipinski definition) is 1. The summed E-state index contributed by atoms with van der Waals surface area (Å²) in [5.74, 6) is -0.322. The van der Waals surface area contributed by atoms with Gasteiger partial charge in [0, 0.05) is 0 Å². The molecule has 1 heterocycles. The maximum Gasteiger partial charge on any atom is 0.290 e. The Bertz CT molecular complexity index is 515. The summed E-state index contributed by atoms with van der Waals surface area (Å²) in [5, 5.41) is 1.91. The summed E-state index contributed by atoms with van der Waals surface area (Å²) in [6, 6.07) is 7.76. The van der Waals surface area contributed by atoms with Crippen LogP contribution in [0.25, 0.3) is 12.2 Å². The van der Waals surface area contributed by atoms with Crippen molar-refractivity contribution in [2.45, 2.75) is 6.92 Å². The van der Waals surface area contributed by atoms with Crippen molar-refractivity contribution in [1.82, 2.24) is 5.32 Å². The lowest BCUT2D eigenvalue weighted by atomic mass is 10.1. The maximum atomic E-state index is 11.3. The molecule has 1 saturated heterocycles.